The summed E-state index contributed by atoms with van der Waals surface area (Å²) in [5.41, 5.74) is 6.11. The molecule has 1 rings (SSSR count). The Labute approximate surface area is 44.9 Å². The fourth-order valence-corrected chi connectivity index (χ4v) is 0.888. The van der Waals surface area contributed by atoms with Gasteiger partial charge in [-0.3, -0.25) is 0 Å². The van der Waals surface area contributed by atoms with Gasteiger partial charge in [-0.1, -0.05) is 13.8 Å². The molecule has 0 saturated heterocycles. The molecule has 0 aliphatic heterocycles. The summed E-state index contributed by atoms with van der Waals surface area (Å²) in [5, 5.41) is 0. The lowest BCUT2D eigenvalue weighted by molar-refractivity contribution is 0.144. The van der Waals surface area contributed by atoms with Crippen molar-refractivity contribution < 1.29 is 0 Å². The van der Waals surface area contributed by atoms with E-state index >= 15 is 0 Å². The smallest absolute Gasteiger partial charge is 0.00905 e. The number of nitrogens with two attached hydrogens (primary N) is 1. The summed E-state index contributed by atoms with van der Waals surface area (Å²) in [7, 11) is 0. The van der Waals surface area contributed by atoms with Crippen molar-refractivity contribution in [3.05, 3.63) is 0 Å². The summed E-state index contributed by atoms with van der Waals surface area (Å²) < 4.78 is 0. The van der Waals surface area contributed by atoms with Crippen LogP contribution < -0.4 is 5.73 Å². The van der Waals surface area contributed by atoms with Crippen LogP contribution >= 0.6 is 0 Å². The highest BCUT2D eigenvalue weighted by Gasteiger charge is 2.34. The average molecular weight is 99.2 g/mol. The maximum absolute atomic E-state index is 5.66. The SMILES string of the molecule is CC1(C)CC[C@H]1N. The molecule has 0 radical (unpaired) electrons. The van der Waals surface area contributed by atoms with Crippen LogP contribution in [0, 0.1) is 5.41 Å². The third-order valence-electron chi connectivity index (χ3n) is 2.10. The topological polar surface area (TPSA) is 26.0 Å². The van der Waals surface area contributed by atoms with E-state index in [4.69, 9.17) is 5.73 Å². The predicted molar refractivity (Wildman–Crippen MR) is 31.0 cm³/mol. The van der Waals surface area contributed by atoms with Gasteiger partial charge in [0, 0.05) is 6.04 Å². The molecule has 1 aliphatic rings. The van der Waals surface area contributed by atoms with Crippen LogP contribution in [0.15, 0.2) is 0 Å². The van der Waals surface area contributed by atoms with E-state index in [0.29, 0.717) is 11.5 Å². The standard InChI is InChI=1S/C6H13N/c1-6(2)4-3-5(6)7/h5H,3-4,7H2,1-2H3/t5-/m1/s1. The van der Waals surface area contributed by atoms with E-state index in [1.165, 1.54) is 12.8 Å². The van der Waals surface area contributed by atoms with Crippen LogP contribution in [0.3, 0.4) is 0 Å². The van der Waals surface area contributed by atoms with Gasteiger partial charge in [-0.2, -0.15) is 0 Å². The summed E-state index contributed by atoms with van der Waals surface area (Å²) in [4.78, 5) is 0. The average Bonchev–Trinajstić information content (AvgIpc) is 1.63. The van der Waals surface area contributed by atoms with Gasteiger partial charge in [0.1, 0.15) is 0 Å². The van der Waals surface area contributed by atoms with E-state index in [2.05, 4.69) is 13.8 Å². The summed E-state index contributed by atoms with van der Waals surface area (Å²) in [6.45, 7) is 4.45. The minimum absolute atomic E-state index is 0.458. The first-order chi connectivity index (χ1) is 3.13. The Kier molecular flexibility index (Phi) is 0.890. The predicted octanol–water partition coefficient (Wildman–Crippen LogP) is 1.13. The van der Waals surface area contributed by atoms with Crippen molar-refractivity contribution in [3.63, 3.8) is 0 Å². The second-order valence-corrected chi connectivity index (χ2v) is 3.13. The van der Waals surface area contributed by atoms with Crippen molar-refractivity contribution in [2.24, 2.45) is 11.1 Å². The zero-order chi connectivity index (χ0) is 5.49. The Bertz CT molecular complexity index is 76.2. The molecule has 0 amide bonds. The van der Waals surface area contributed by atoms with Crippen LogP contribution in [0.5, 0.6) is 0 Å². The largest absolute Gasteiger partial charge is 0.327 e. The number of rotatable bonds is 0. The van der Waals surface area contributed by atoms with Crippen molar-refractivity contribution in [1.29, 1.82) is 0 Å². The molecule has 2 N–H and O–H groups in total. The van der Waals surface area contributed by atoms with Gasteiger partial charge in [-0.05, 0) is 18.3 Å². The molecule has 0 heterocycles. The van der Waals surface area contributed by atoms with E-state index < -0.39 is 0 Å². The minimum atomic E-state index is 0.458. The molecule has 1 atom stereocenters. The highest BCUT2D eigenvalue weighted by molar-refractivity contribution is 4.91. The highest BCUT2D eigenvalue weighted by Crippen LogP contribution is 2.37. The van der Waals surface area contributed by atoms with Gasteiger partial charge in [0.25, 0.3) is 0 Å². The first-order valence-corrected chi connectivity index (χ1v) is 2.88. The van der Waals surface area contributed by atoms with E-state index in [0.717, 1.165) is 0 Å². The zero-order valence-corrected chi connectivity index (χ0v) is 5.07. The quantitative estimate of drug-likeness (QED) is 0.484. The second-order valence-electron chi connectivity index (χ2n) is 3.13. The van der Waals surface area contributed by atoms with Crippen LogP contribution in [-0.2, 0) is 0 Å². The maximum atomic E-state index is 5.66. The molecule has 1 saturated carbocycles. The van der Waals surface area contributed by atoms with Crippen molar-refractivity contribution in [2.45, 2.75) is 32.7 Å². The van der Waals surface area contributed by atoms with Crippen LogP contribution in [0.25, 0.3) is 0 Å². The van der Waals surface area contributed by atoms with Crippen LogP contribution in [0.1, 0.15) is 26.7 Å². The Morgan fingerprint density at radius 1 is 1.57 bits per heavy atom. The third-order valence-corrected chi connectivity index (χ3v) is 2.10. The summed E-state index contributed by atoms with van der Waals surface area (Å²) >= 11 is 0. The first kappa shape index (κ1) is 5.10. The van der Waals surface area contributed by atoms with Gasteiger partial charge >= 0.3 is 0 Å². The molecule has 1 nitrogen and oxygen atoms in total. The van der Waals surface area contributed by atoms with Gasteiger partial charge in [0.15, 0.2) is 0 Å². The summed E-state index contributed by atoms with van der Waals surface area (Å²) in [6, 6.07) is 0.479. The number of hydrogen-bond donors (Lipinski definition) is 1. The van der Waals surface area contributed by atoms with Crippen LogP contribution in [0.4, 0.5) is 0 Å². The molecule has 0 aromatic rings. The number of hydrogen-bond acceptors (Lipinski definition) is 1. The van der Waals surface area contributed by atoms with Crippen molar-refractivity contribution in [3.8, 4) is 0 Å². The highest BCUT2D eigenvalue weighted by atomic mass is 14.7. The molecule has 0 aromatic carbocycles. The normalized spacial score (nSPS) is 37.3. The maximum Gasteiger partial charge on any atom is 0.00905 e. The zero-order valence-electron chi connectivity index (χ0n) is 5.07. The van der Waals surface area contributed by atoms with Gasteiger partial charge in [0.05, 0.1) is 0 Å². The second kappa shape index (κ2) is 1.22. The molecular formula is C6H13N. The van der Waals surface area contributed by atoms with Crippen LogP contribution in [0.2, 0.25) is 0 Å². The lowest BCUT2D eigenvalue weighted by atomic mass is 9.68. The van der Waals surface area contributed by atoms with Crippen molar-refractivity contribution >= 4 is 0 Å². The lowest BCUT2D eigenvalue weighted by Gasteiger charge is -2.41. The Balaban J connectivity index is 2.43. The molecular weight excluding hydrogens is 86.1 g/mol. The van der Waals surface area contributed by atoms with E-state index in [-0.39, 0.29) is 0 Å². The van der Waals surface area contributed by atoms with E-state index in [1.807, 2.05) is 0 Å². The molecule has 0 spiro atoms. The van der Waals surface area contributed by atoms with Crippen molar-refractivity contribution in [2.75, 3.05) is 0 Å². The van der Waals surface area contributed by atoms with Gasteiger partial charge in [-0.15, -0.1) is 0 Å². The monoisotopic (exact) mass is 99.1 g/mol. The Morgan fingerprint density at radius 2 is 2.00 bits per heavy atom. The van der Waals surface area contributed by atoms with Gasteiger partial charge in [0.2, 0.25) is 0 Å². The van der Waals surface area contributed by atoms with E-state index in [1.54, 1.807) is 0 Å². The van der Waals surface area contributed by atoms with Gasteiger partial charge < -0.3 is 5.73 Å². The minimum Gasteiger partial charge on any atom is -0.327 e. The molecule has 1 heteroatoms. The van der Waals surface area contributed by atoms with Gasteiger partial charge in [-0.25, -0.2) is 0 Å². The molecule has 0 bridgehead atoms. The molecule has 7 heavy (non-hydrogen) atoms. The first-order valence-electron chi connectivity index (χ1n) is 2.88. The lowest BCUT2D eigenvalue weighted by Crippen LogP contribution is -2.46. The molecule has 0 aromatic heterocycles. The summed E-state index contributed by atoms with van der Waals surface area (Å²) in [6.07, 6.45) is 2.54. The van der Waals surface area contributed by atoms with E-state index in [9.17, 15) is 0 Å². The molecule has 0 unspecified atom stereocenters. The fraction of sp³-hybridized carbons (Fsp3) is 1.00. The fourth-order valence-electron chi connectivity index (χ4n) is 0.888. The van der Waals surface area contributed by atoms with Crippen LogP contribution in [-0.4, -0.2) is 6.04 Å². The Hall–Kier alpha value is -0.0400. The Morgan fingerprint density at radius 3 is 2.00 bits per heavy atom. The molecule has 42 valence electrons. The van der Waals surface area contributed by atoms with Crippen molar-refractivity contribution in [1.82, 2.24) is 0 Å². The molecule has 1 fully saturated rings. The third kappa shape index (κ3) is 0.653. The summed E-state index contributed by atoms with van der Waals surface area (Å²) in [5.74, 6) is 0. The molecule has 1 aliphatic carbocycles.